The minimum absolute atomic E-state index is 0.165. The van der Waals surface area contributed by atoms with E-state index in [0.717, 1.165) is 37.8 Å². The van der Waals surface area contributed by atoms with Gasteiger partial charge in [-0.25, -0.2) is 4.39 Å². The van der Waals surface area contributed by atoms with Gasteiger partial charge in [0.2, 0.25) is 5.89 Å². The quantitative estimate of drug-likeness (QED) is 0.918. The van der Waals surface area contributed by atoms with Crippen LogP contribution in [0, 0.1) is 5.82 Å². The summed E-state index contributed by atoms with van der Waals surface area (Å²) in [5.41, 5.74) is 0.688. The molecule has 1 unspecified atom stereocenters. The first-order chi connectivity index (χ1) is 10.2. The van der Waals surface area contributed by atoms with Gasteiger partial charge in [0, 0.05) is 6.42 Å². The van der Waals surface area contributed by atoms with Crippen LogP contribution in [0.3, 0.4) is 0 Å². The molecule has 1 aromatic heterocycles. The van der Waals surface area contributed by atoms with Gasteiger partial charge >= 0.3 is 0 Å². The van der Waals surface area contributed by atoms with Crippen molar-refractivity contribution in [3.8, 4) is 0 Å². The van der Waals surface area contributed by atoms with Crippen molar-refractivity contribution in [1.82, 2.24) is 15.5 Å². The standard InChI is InChI=1S/C16H20FN3O/c1-2-7-16(8-4-9-18-16)15-19-14(20-21-15)11-12-5-3-6-13(17)10-12/h3,5-6,10,18H,2,4,7-9,11H2,1H3. The van der Waals surface area contributed by atoms with E-state index in [0.29, 0.717) is 18.1 Å². The Hall–Kier alpha value is -1.75. The summed E-state index contributed by atoms with van der Waals surface area (Å²) < 4.78 is 18.7. The molecule has 1 aliphatic rings. The van der Waals surface area contributed by atoms with E-state index in [4.69, 9.17) is 4.52 Å². The molecule has 0 radical (unpaired) electrons. The Labute approximate surface area is 123 Å². The second kappa shape index (κ2) is 5.93. The molecule has 21 heavy (non-hydrogen) atoms. The lowest BCUT2D eigenvalue weighted by Gasteiger charge is -2.24. The van der Waals surface area contributed by atoms with Crippen LogP contribution in [0.4, 0.5) is 4.39 Å². The van der Waals surface area contributed by atoms with Gasteiger partial charge in [0.25, 0.3) is 0 Å². The van der Waals surface area contributed by atoms with Crippen molar-refractivity contribution in [2.45, 2.75) is 44.6 Å². The van der Waals surface area contributed by atoms with Gasteiger partial charge in [0.05, 0.1) is 5.54 Å². The van der Waals surface area contributed by atoms with Gasteiger partial charge in [-0.3, -0.25) is 0 Å². The van der Waals surface area contributed by atoms with Crippen LogP contribution in [0.5, 0.6) is 0 Å². The number of hydrogen-bond acceptors (Lipinski definition) is 4. The third kappa shape index (κ3) is 2.97. The summed E-state index contributed by atoms with van der Waals surface area (Å²) in [5.74, 6) is 1.05. The molecule has 112 valence electrons. The largest absolute Gasteiger partial charge is 0.337 e. The van der Waals surface area contributed by atoms with Gasteiger partial charge in [0.1, 0.15) is 5.82 Å². The van der Waals surface area contributed by atoms with E-state index in [2.05, 4.69) is 22.4 Å². The summed E-state index contributed by atoms with van der Waals surface area (Å²) in [4.78, 5) is 4.55. The number of benzene rings is 1. The third-order valence-electron chi connectivity index (χ3n) is 4.05. The maximum absolute atomic E-state index is 13.2. The Morgan fingerprint density at radius 1 is 1.43 bits per heavy atom. The minimum Gasteiger partial charge on any atom is -0.337 e. The fraction of sp³-hybridized carbons (Fsp3) is 0.500. The lowest BCUT2D eigenvalue weighted by molar-refractivity contribution is 0.240. The van der Waals surface area contributed by atoms with Crippen LogP contribution < -0.4 is 5.32 Å². The predicted molar refractivity (Wildman–Crippen MR) is 77.3 cm³/mol. The van der Waals surface area contributed by atoms with E-state index in [-0.39, 0.29) is 11.4 Å². The Balaban J connectivity index is 1.79. The van der Waals surface area contributed by atoms with Crippen LogP contribution in [0.15, 0.2) is 28.8 Å². The lowest BCUT2D eigenvalue weighted by Crippen LogP contribution is -2.37. The minimum atomic E-state index is -0.240. The summed E-state index contributed by atoms with van der Waals surface area (Å²) in [6.07, 6.45) is 4.71. The number of nitrogens with zero attached hydrogens (tertiary/aromatic N) is 2. The predicted octanol–water partition coefficient (Wildman–Crippen LogP) is 3.18. The van der Waals surface area contributed by atoms with Gasteiger partial charge in [-0.2, -0.15) is 4.98 Å². The number of rotatable bonds is 5. The van der Waals surface area contributed by atoms with Crippen LogP contribution >= 0.6 is 0 Å². The fourth-order valence-electron chi connectivity index (χ4n) is 3.09. The van der Waals surface area contributed by atoms with Gasteiger partial charge in [-0.1, -0.05) is 30.6 Å². The zero-order chi connectivity index (χ0) is 14.7. The molecule has 0 spiro atoms. The number of aromatic nitrogens is 2. The van der Waals surface area contributed by atoms with Crippen LogP contribution in [-0.4, -0.2) is 16.7 Å². The molecule has 3 rings (SSSR count). The third-order valence-corrected chi connectivity index (χ3v) is 4.05. The summed E-state index contributed by atoms with van der Waals surface area (Å²) in [5, 5.41) is 7.58. The molecule has 1 N–H and O–H groups in total. The lowest BCUT2D eigenvalue weighted by atomic mass is 9.92. The Kier molecular flexibility index (Phi) is 4.01. The topological polar surface area (TPSA) is 51.0 Å². The van der Waals surface area contributed by atoms with E-state index in [1.54, 1.807) is 6.07 Å². The highest BCUT2D eigenvalue weighted by Crippen LogP contribution is 2.34. The average molecular weight is 289 g/mol. The molecule has 0 bridgehead atoms. The SMILES string of the molecule is CCCC1(c2nc(Cc3cccc(F)c3)no2)CCCN1. The molecule has 0 saturated carbocycles. The zero-order valence-corrected chi connectivity index (χ0v) is 12.2. The fourth-order valence-corrected chi connectivity index (χ4v) is 3.09. The molecule has 2 heterocycles. The summed E-state index contributed by atoms with van der Waals surface area (Å²) in [7, 11) is 0. The van der Waals surface area contributed by atoms with E-state index >= 15 is 0 Å². The molecular weight excluding hydrogens is 269 g/mol. The zero-order valence-electron chi connectivity index (χ0n) is 12.2. The first kappa shape index (κ1) is 14.2. The highest BCUT2D eigenvalue weighted by molar-refractivity contribution is 5.20. The van der Waals surface area contributed by atoms with Crippen LogP contribution in [0.25, 0.3) is 0 Å². The van der Waals surface area contributed by atoms with Gasteiger partial charge in [-0.05, 0) is 43.5 Å². The number of hydrogen-bond donors (Lipinski definition) is 1. The van der Waals surface area contributed by atoms with Crippen molar-refractivity contribution in [1.29, 1.82) is 0 Å². The van der Waals surface area contributed by atoms with E-state index in [9.17, 15) is 4.39 Å². The molecular formula is C16H20FN3O. The van der Waals surface area contributed by atoms with Gasteiger partial charge in [-0.15, -0.1) is 0 Å². The molecule has 5 heteroatoms. The van der Waals surface area contributed by atoms with Crippen molar-refractivity contribution in [2.75, 3.05) is 6.54 Å². The normalized spacial score (nSPS) is 21.8. The summed E-state index contributed by atoms with van der Waals surface area (Å²) in [6, 6.07) is 6.51. The van der Waals surface area contributed by atoms with Crippen molar-refractivity contribution in [3.63, 3.8) is 0 Å². The molecule has 0 amide bonds. The number of nitrogens with one attached hydrogen (secondary N) is 1. The molecule has 1 fully saturated rings. The van der Waals surface area contributed by atoms with Crippen LogP contribution in [-0.2, 0) is 12.0 Å². The molecule has 1 aliphatic heterocycles. The maximum Gasteiger partial charge on any atom is 0.246 e. The van der Waals surface area contributed by atoms with Crippen LogP contribution in [0.2, 0.25) is 0 Å². The van der Waals surface area contributed by atoms with Crippen LogP contribution in [0.1, 0.15) is 49.9 Å². The van der Waals surface area contributed by atoms with E-state index in [1.807, 2.05) is 6.07 Å². The summed E-state index contributed by atoms with van der Waals surface area (Å²) in [6.45, 7) is 3.15. The smallest absolute Gasteiger partial charge is 0.246 e. The highest BCUT2D eigenvalue weighted by atomic mass is 19.1. The monoisotopic (exact) mass is 289 g/mol. The number of halogens is 1. The molecule has 2 aromatic rings. The Morgan fingerprint density at radius 2 is 2.33 bits per heavy atom. The Morgan fingerprint density at radius 3 is 3.05 bits per heavy atom. The molecule has 4 nitrogen and oxygen atoms in total. The van der Waals surface area contributed by atoms with Crippen molar-refractivity contribution in [3.05, 3.63) is 47.4 Å². The first-order valence-corrected chi connectivity index (χ1v) is 7.54. The molecule has 0 aliphatic carbocycles. The first-order valence-electron chi connectivity index (χ1n) is 7.54. The van der Waals surface area contributed by atoms with Gasteiger partial charge < -0.3 is 9.84 Å². The molecule has 1 saturated heterocycles. The second-order valence-electron chi connectivity index (χ2n) is 5.68. The Bertz CT molecular complexity index is 605. The second-order valence-corrected chi connectivity index (χ2v) is 5.68. The van der Waals surface area contributed by atoms with E-state index in [1.165, 1.54) is 12.1 Å². The highest BCUT2D eigenvalue weighted by Gasteiger charge is 2.39. The summed E-state index contributed by atoms with van der Waals surface area (Å²) >= 11 is 0. The molecule has 1 aromatic carbocycles. The van der Waals surface area contributed by atoms with Crippen molar-refractivity contribution < 1.29 is 8.91 Å². The van der Waals surface area contributed by atoms with Crippen molar-refractivity contribution >= 4 is 0 Å². The van der Waals surface area contributed by atoms with Gasteiger partial charge in [0.15, 0.2) is 5.82 Å². The average Bonchev–Trinajstić information content (AvgIpc) is 3.09. The van der Waals surface area contributed by atoms with Crippen molar-refractivity contribution in [2.24, 2.45) is 0 Å². The van der Waals surface area contributed by atoms with E-state index < -0.39 is 0 Å². The maximum atomic E-state index is 13.2. The molecule has 1 atom stereocenters.